The third-order valence-corrected chi connectivity index (χ3v) is 4.66. The molecule has 1 aliphatic rings. The molecule has 0 aliphatic carbocycles. The molecule has 2 aromatic rings. The third-order valence-electron chi connectivity index (χ3n) is 4.20. The second-order valence-electron chi connectivity index (χ2n) is 6.09. The number of likely N-dealkylation sites (N-methyl/N-ethyl adjacent to an activating group) is 1. The molecule has 0 spiro atoms. The Balaban J connectivity index is 1.94. The lowest BCUT2D eigenvalue weighted by atomic mass is 10.1. The molecule has 0 atom stereocenters. The Morgan fingerprint density at radius 3 is 2.54 bits per heavy atom. The number of hydrogen-bond donors (Lipinski definition) is 0. The first-order valence-corrected chi connectivity index (χ1v) is 9.37. The highest BCUT2D eigenvalue weighted by molar-refractivity contribution is 7.80. The molecule has 0 unspecified atom stereocenters. The Labute approximate surface area is 170 Å². The van der Waals surface area contributed by atoms with Crippen molar-refractivity contribution in [2.75, 3.05) is 25.2 Å². The smallest absolute Gasteiger partial charge is 0.281 e. The summed E-state index contributed by atoms with van der Waals surface area (Å²) in [6, 6.07) is 14.9. The number of ether oxygens (including phenoxy) is 2. The van der Waals surface area contributed by atoms with Gasteiger partial charge in [0.15, 0.2) is 16.6 Å². The van der Waals surface area contributed by atoms with Crippen LogP contribution in [0.3, 0.4) is 0 Å². The van der Waals surface area contributed by atoms with Crippen molar-refractivity contribution < 1.29 is 14.3 Å². The molecule has 0 saturated carbocycles. The van der Waals surface area contributed by atoms with Crippen LogP contribution >= 0.6 is 12.2 Å². The lowest BCUT2D eigenvalue weighted by molar-refractivity contribution is -0.114. The quantitative estimate of drug-likeness (QED) is 0.399. The fourth-order valence-electron chi connectivity index (χ4n) is 2.87. The minimum atomic E-state index is -0.163. The largest absolute Gasteiger partial charge is 0.490 e. The first-order valence-electron chi connectivity index (χ1n) is 8.96. The van der Waals surface area contributed by atoms with Crippen LogP contribution in [0, 0.1) is 0 Å². The van der Waals surface area contributed by atoms with E-state index in [-0.39, 0.29) is 5.91 Å². The summed E-state index contributed by atoms with van der Waals surface area (Å²) >= 11 is 5.49. The van der Waals surface area contributed by atoms with Crippen molar-refractivity contribution in [2.45, 2.75) is 6.92 Å². The minimum absolute atomic E-state index is 0.163. The molecule has 1 fully saturated rings. The normalized spacial score (nSPS) is 15.3. The van der Waals surface area contributed by atoms with Crippen molar-refractivity contribution in [3.8, 4) is 11.5 Å². The predicted molar refractivity (Wildman–Crippen MR) is 116 cm³/mol. The molecule has 0 bridgehead atoms. The molecule has 5 nitrogen and oxygen atoms in total. The summed E-state index contributed by atoms with van der Waals surface area (Å²) in [4.78, 5) is 16.3. The summed E-state index contributed by atoms with van der Waals surface area (Å²) < 4.78 is 11.3. The highest BCUT2D eigenvalue weighted by atomic mass is 32.1. The van der Waals surface area contributed by atoms with E-state index in [1.54, 1.807) is 24.1 Å². The van der Waals surface area contributed by atoms with Crippen molar-refractivity contribution in [1.29, 1.82) is 0 Å². The van der Waals surface area contributed by atoms with Crippen molar-refractivity contribution in [2.24, 2.45) is 0 Å². The molecule has 28 heavy (non-hydrogen) atoms. The Kier molecular flexibility index (Phi) is 6.11. The van der Waals surface area contributed by atoms with Gasteiger partial charge in [-0.05, 0) is 55.0 Å². The first-order chi connectivity index (χ1) is 13.6. The summed E-state index contributed by atoms with van der Waals surface area (Å²) in [5, 5.41) is 0.443. The summed E-state index contributed by atoms with van der Waals surface area (Å²) in [6.07, 6.45) is 3.48. The van der Waals surface area contributed by atoms with Gasteiger partial charge in [0.2, 0.25) is 0 Å². The third kappa shape index (κ3) is 3.92. The van der Waals surface area contributed by atoms with E-state index in [4.69, 9.17) is 21.7 Å². The zero-order chi connectivity index (χ0) is 20.1. The average molecular weight is 394 g/mol. The number of carbonyl (C=O) groups excluding carboxylic acids is 1. The number of thiocarbonyl (C=S) groups is 1. The Morgan fingerprint density at radius 1 is 1.11 bits per heavy atom. The Hall–Kier alpha value is -3.12. The number of anilines is 1. The van der Waals surface area contributed by atoms with E-state index in [1.165, 1.54) is 4.90 Å². The van der Waals surface area contributed by atoms with Crippen molar-refractivity contribution >= 4 is 35.0 Å². The number of amides is 1. The number of hydrogen-bond acceptors (Lipinski definition) is 4. The van der Waals surface area contributed by atoms with Crippen LogP contribution in [0.25, 0.3) is 6.08 Å². The van der Waals surface area contributed by atoms with Gasteiger partial charge in [-0.15, -0.1) is 0 Å². The van der Waals surface area contributed by atoms with E-state index in [1.807, 2.05) is 55.5 Å². The van der Waals surface area contributed by atoms with Crippen molar-refractivity contribution in [3.05, 3.63) is 72.4 Å². The number of para-hydroxylation sites is 1. The molecule has 0 aromatic heterocycles. The van der Waals surface area contributed by atoms with Gasteiger partial charge in [0.05, 0.1) is 12.3 Å². The van der Waals surface area contributed by atoms with Gasteiger partial charge in [-0.3, -0.25) is 9.69 Å². The average Bonchev–Trinajstić information content (AvgIpc) is 2.91. The second-order valence-corrected chi connectivity index (χ2v) is 6.45. The molecule has 1 saturated heterocycles. The fourth-order valence-corrected chi connectivity index (χ4v) is 3.16. The second kappa shape index (κ2) is 8.71. The van der Waals surface area contributed by atoms with E-state index >= 15 is 0 Å². The SMILES string of the molecule is C=CCOc1ccc(/C=C2/C(=O)N(c3ccccc3)C(=S)N2C)cc1OCC. The summed E-state index contributed by atoms with van der Waals surface area (Å²) in [6.45, 7) is 6.47. The van der Waals surface area contributed by atoms with Crippen molar-refractivity contribution in [1.82, 2.24) is 4.90 Å². The molecule has 0 N–H and O–H groups in total. The van der Waals surface area contributed by atoms with E-state index in [2.05, 4.69) is 6.58 Å². The lowest BCUT2D eigenvalue weighted by Gasteiger charge is -2.16. The molecule has 1 amide bonds. The minimum Gasteiger partial charge on any atom is -0.490 e. The summed E-state index contributed by atoms with van der Waals surface area (Å²) in [7, 11) is 1.79. The van der Waals surface area contributed by atoms with Gasteiger partial charge in [0, 0.05) is 7.05 Å². The molecule has 1 aliphatic heterocycles. The highest BCUT2D eigenvalue weighted by Crippen LogP contribution is 2.32. The standard InChI is InChI=1S/C22H22N2O3S/c1-4-13-27-19-12-11-16(15-20(19)26-5-2)14-18-21(25)24(22(28)23(18)3)17-9-7-6-8-10-17/h4,6-12,14-15H,1,5,13H2,2-3H3/b18-14-. The maximum atomic E-state index is 13.0. The van der Waals surface area contributed by atoms with Crippen LogP contribution in [-0.2, 0) is 4.79 Å². The molecule has 144 valence electrons. The van der Waals surface area contributed by atoms with Crippen LogP contribution in [0.5, 0.6) is 11.5 Å². The monoisotopic (exact) mass is 394 g/mol. The van der Waals surface area contributed by atoms with Gasteiger partial charge < -0.3 is 14.4 Å². The molecular weight excluding hydrogens is 372 g/mol. The zero-order valence-electron chi connectivity index (χ0n) is 15.9. The molecule has 0 radical (unpaired) electrons. The lowest BCUT2D eigenvalue weighted by Crippen LogP contribution is -2.30. The number of rotatable bonds is 7. The molecule has 1 heterocycles. The van der Waals surface area contributed by atoms with E-state index in [0.29, 0.717) is 35.5 Å². The Morgan fingerprint density at radius 2 is 1.86 bits per heavy atom. The topological polar surface area (TPSA) is 42.0 Å². The molecule has 3 rings (SSSR count). The molecule has 2 aromatic carbocycles. The van der Waals surface area contributed by atoms with E-state index in [0.717, 1.165) is 11.3 Å². The van der Waals surface area contributed by atoms with Crippen LogP contribution in [0.2, 0.25) is 0 Å². The molecular formula is C22H22N2O3S. The number of carbonyl (C=O) groups is 1. The van der Waals surface area contributed by atoms with Crippen LogP contribution < -0.4 is 14.4 Å². The number of nitrogens with zero attached hydrogens (tertiary/aromatic N) is 2. The van der Waals surface area contributed by atoms with E-state index < -0.39 is 0 Å². The Bertz CT molecular complexity index is 925. The predicted octanol–water partition coefficient (Wildman–Crippen LogP) is 4.25. The maximum absolute atomic E-state index is 13.0. The first kappa shape index (κ1) is 19.6. The van der Waals surface area contributed by atoms with Gasteiger partial charge in [-0.25, -0.2) is 0 Å². The number of benzene rings is 2. The van der Waals surface area contributed by atoms with E-state index in [9.17, 15) is 4.79 Å². The molecule has 6 heteroatoms. The van der Waals surface area contributed by atoms with Crippen LogP contribution in [-0.4, -0.2) is 36.2 Å². The van der Waals surface area contributed by atoms with Gasteiger partial charge in [-0.1, -0.05) is 36.9 Å². The maximum Gasteiger partial charge on any atom is 0.281 e. The van der Waals surface area contributed by atoms with Gasteiger partial charge in [0.1, 0.15) is 12.3 Å². The fraction of sp³-hybridized carbons (Fsp3) is 0.182. The van der Waals surface area contributed by atoms with Gasteiger partial charge in [0.25, 0.3) is 5.91 Å². The van der Waals surface area contributed by atoms with Gasteiger partial charge in [-0.2, -0.15) is 0 Å². The van der Waals surface area contributed by atoms with Crippen LogP contribution in [0.4, 0.5) is 5.69 Å². The summed E-state index contributed by atoms with van der Waals surface area (Å²) in [5.41, 5.74) is 2.06. The van der Waals surface area contributed by atoms with Crippen LogP contribution in [0.15, 0.2) is 66.9 Å². The van der Waals surface area contributed by atoms with Gasteiger partial charge >= 0.3 is 0 Å². The summed E-state index contributed by atoms with van der Waals surface area (Å²) in [5.74, 6) is 1.09. The highest BCUT2D eigenvalue weighted by Gasteiger charge is 2.36. The van der Waals surface area contributed by atoms with Crippen molar-refractivity contribution in [3.63, 3.8) is 0 Å². The zero-order valence-corrected chi connectivity index (χ0v) is 16.7. The van der Waals surface area contributed by atoms with Crippen LogP contribution in [0.1, 0.15) is 12.5 Å².